The molecule has 96 valence electrons. The van der Waals surface area contributed by atoms with Gasteiger partial charge in [0.05, 0.1) is 17.1 Å². The van der Waals surface area contributed by atoms with E-state index in [9.17, 15) is 0 Å². The predicted molar refractivity (Wildman–Crippen MR) is 77.1 cm³/mol. The number of hydrogen-bond donors (Lipinski definition) is 1. The molecular formula is C16H12N4. The molecular weight excluding hydrogens is 248 g/mol. The maximum Gasteiger partial charge on any atom is 0.158 e. The number of nitriles is 1. The Morgan fingerprint density at radius 3 is 2.55 bits per heavy atom. The van der Waals surface area contributed by atoms with Gasteiger partial charge in [-0.1, -0.05) is 24.3 Å². The summed E-state index contributed by atoms with van der Waals surface area (Å²) >= 11 is 0. The average molecular weight is 260 g/mol. The van der Waals surface area contributed by atoms with Crippen molar-refractivity contribution in [1.82, 2.24) is 10.2 Å². The number of benzene rings is 2. The van der Waals surface area contributed by atoms with Gasteiger partial charge in [-0.3, -0.25) is 5.10 Å². The molecule has 0 saturated heterocycles. The minimum absolute atomic E-state index is 0.664. The van der Waals surface area contributed by atoms with Crippen LogP contribution < -0.4 is 4.90 Å². The third-order valence-electron chi connectivity index (χ3n) is 3.81. The molecule has 0 unspecified atom stereocenters. The first-order valence-corrected chi connectivity index (χ1v) is 6.55. The second-order valence-corrected chi connectivity index (χ2v) is 5.04. The smallest absolute Gasteiger partial charge is 0.158 e. The lowest BCUT2D eigenvalue weighted by molar-refractivity contribution is 0.853. The maximum absolute atomic E-state index is 9.04. The fraction of sp³-hybridized carbons (Fsp3) is 0.125. The van der Waals surface area contributed by atoms with Crippen molar-refractivity contribution >= 4 is 16.7 Å². The van der Waals surface area contributed by atoms with Crippen LogP contribution in [0.25, 0.3) is 10.9 Å². The molecule has 0 aliphatic carbocycles. The number of aromatic amines is 1. The van der Waals surface area contributed by atoms with Gasteiger partial charge in [-0.25, -0.2) is 0 Å². The van der Waals surface area contributed by atoms with Gasteiger partial charge in [-0.2, -0.15) is 10.4 Å². The number of fused-ring (bicyclic) bond motifs is 2. The zero-order valence-corrected chi connectivity index (χ0v) is 10.8. The van der Waals surface area contributed by atoms with E-state index < -0.39 is 0 Å². The van der Waals surface area contributed by atoms with Crippen LogP contribution in [-0.2, 0) is 13.1 Å². The second kappa shape index (κ2) is 4.10. The number of aromatic nitrogens is 2. The monoisotopic (exact) mass is 260 g/mol. The van der Waals surface area contributed by atoms with Crippen LogP contribution in [0.5, 0.6) is 0 Å². The van der Waals surface area contributed by atoms with Gasteiger partial charge in [0.25, 0.3) is 0 Å². The molecule has 20 heavy (non-hydrogen) atoms. The normalized spacial score (nSPS) is 13.4. The van der Waals surface area contributed by atoms with Crippen molar-refractivity contribution in [3.8, 4) is 6.07 Å². The zero-order valence-electron chi connectivity index (χ0n) is 10.8. The largest absolute Gasteiger partial charge is 0.346 e. The van der Waals surface area contributed by atoms with E-state index in [1.807, 2.05) is 18.2 Å². The highest BCUT2D eigenvalue weighted by atomic mass is 15.3. The summed E-state index contributed by atoms with van der Waals surface area (Å²) in [5, 5.41) is 17.5. The Morgan fingerprint density at radius 1 is 1.10 bits per heavy atom. The predicted octanol–water partition coefficient (Wildman–Crippen LogP) is 2.95. The molecule has 1 N–H and O–H groups in total. The van der Waals surface area contributed by atoms with Crippen LogP contribution in [0.2, 0.25) is 0 Å². The fourth-order valence-corrected chi connectivity index (χ4v) is 2.79. The lowest BCUT2D eigenvalue weighted by Gasteiger charge is -2.14. The Kier molecular flexibility index (Phi) is 2.27. The van der Waals surface area contributed by atoms with E-state index in [1.54, 1.807) is 0 Å². The van der Waals surface area contributed by atoms with Crippen molar-refractivity contribution in [3.05, 3.63) is 59.2 Å². The number of rotatable bonds is 1. The van der Waals surface area contributed by atoms with Gasteiger partial charge < -0.3 is 4.90 Å². The van der Waals surface area contributed by atoms with Crippen LogP contribution in [0.1, 0.15) is 16.7 Å². The van der Waals surface area contributed by atoms with Gasteiger partial charge in [-0.15, -0.1) is 0 Å². The number of nitrogens with zero attached hydrogens (tertiary/aromatic N) is 3. The summed E-state index contributed by atoms with van der Waals surface area (Å²) in [6.07, 6.45) is 0. The molecule has 0 bridgehead atoms. The van der Waals surface area contributed by atoms with Crippen LogP contribution in [0.3, 0.4) is 0 Å². The quantitative estimate of drug-likeness (QED) is 0.731. The maximum atomic E-state index is 9.04. The minimum atomic E-state index is 0.664. The molecule has 4 nitrogen and oxygen atoms in total. The van der Waals surface area contributed by atoms with E-state index in [4.69, 9.17) is 5.26 Å². The number of nitrogens with one attached hydrogen (secondary N) is 1. The van der Waals surface area contributed by atoms with Crippen molar-refractivity contribution in [2.75, 3.05) is 4.90 Å². The number of H-pyrrole nitrogens is 1. The first-order valence-electron chi connectivity index (χ1n) is 6.55. The third-order valence-corrected chi connectivity index (χ3v) is 3.81. The van der Waals surface area contributed by atoms with Crippen molar-refractivity contribution in [2.24, 2.45) is 0 Å². The molecule has 0 fully saturated rings. The molecule has 0 amide bonds. The van der Waals surface area contributed by atoms with Gasteiger partial charge in [0.1, 0.15) is 0 Å². The topological polar surface area (TPSA) is 55.7 Å². The van der Waals surface area contributed by atoms with E-state index in [0.717, 1.165) is 29.8 Å². The Hall–Kier alpha value is -2.80. The Bertz CT molecular complexity index is 816. The van der Waals surface area contributed by atoms with E-state index in [-0.39, 0.29) is 0 Å². The molecule has 2 heterocycles. The molecule has 1 aromatic heterocycles. The van der Waals surface area contributed by atoms with Crippen LogP contribution in [0.15, 0.2) is 42.5 Å². The minimum Gasteiger partial charge on any atom is -0.346 e. The molecule has 0 radical (unpaired) electrons. The summed E-state index contributed by atoms with van der Waals surface area (Å²) in [6.45, 7) is 1.74. The van der Waals surface area contributed by atoms with Crippen LogP contribution >= 0.6 is 0 Å². The summed E-state index contributed by atoms with van der Waals surface area (Å²) in [5.41, 5.74) is 4.33. The van der Waals surface area contributed by atoms with E-state index in [0.29, 0.717) is 5.56 Å². The molecule has 4 heteroatoms. The van der Waals surface area contributed by atoms with Gasteiger partial charge in [0.15, 0.2) is 5.82 Å². The summed E-state index contributed by atoms with van der Waals surface area (Å²) in [4.78, 5) is 2.24. The Labute approximate surface area is 116 Å². The van der Waals surface area contributed by atoms with E-state index in [2.05, 4.69) is 45.4 Å². The molecule has 0 saturated carbocycles. The summed E-state index contributed by atoms with van der Waals surface area (Å²) in [5.74, 6) is 0.924. The molecule has 3 aromatic rings. The van der Waals surface area contributed by atoms with Gasteiger partial charge in [0, 0.05) is 18.5 Å². The molecule has 0 spiro atoms. The Balaban J connectivity index is 1.79. The van der Waals surface area contributed by atoms with E-state index in [1.165, 1.54) is 11.1 Å². The summed E-state index contributed by atoms with van der Waals surface area (Å²) in [6, 6.07) is 16.3. The van der Waals surface area contributed by atoms with Gasteiger partial charge in [0.2, 0.25) is 0 Å². The first-order chi connectivity index (χ1) is 9.85. The molecule has 1 aliphatic heterocycles. The van der Waals surface area contributed by atoms with Gasteiger partial charge >= 0.3 is 0 Å². The highest BCUT2D eigenvalue weighted by molar-refractivity contribution is 5.91. The number of hydrogen-bond acceptors (Lipinski definition) is 3. The van der Waals surface area contributed by atoms with Crippen LogP contribution in [0, 0.1) is 11.3 Å². The molecule has 1 aliphatic rings. The van der Waals surface area contributed by atoms with Crippen molar-refractivity contribution in [2.45, 2.75) is 13.1 Å². The van der Waals surface area contributed by atoms with Gasteiger partial charge in [-0.05, 0) is 29.3 Å². The second-order valence-electron chi connectivity index (χ2n) is 5.04. The summed E-state index contributed by atoms with van der Waals surface area (Å²) < 4.78 is 0. The van der Waals surface area contributed by atoms with Crippen molar-refractivity contribution < 1.29 is 0 Å². The molecule has 0 atom stereocenters. The standard InChI is InChI=1S/C16H12N4/c17-8-11-5-6-15-14(7-11)16(19-18-15)20-9-12-3-1-2-4-13(12)10-20/h1-7H,9-10H2,(H,18,19). The van der Waals surface area contributed by atoms with E-state index >= 15 is 0 Å². The lowest BCUT2D eigenvalue weighted by Crippen LogP contribution is -2.15. The first kappa shape index (κ1) is 11.1. The highest BCUT2D eigenvalue weighted by Gasteiger charge is 2.22. The van der Waals surface area contributed by atoms with Crippen molar-refractivity contribution in [1.29, 1.82) is 5.26 Å². The number of anilines is 1. The fourth-order valence-electron chi connectivity index (χ4n) is 2.79. The SMILES string of the molecule is N#Cc1ccc2[nH]nc(N3Cc4ccccc4C3)c2c1. The molecule has 2 aromatic carbocycles. The highest BCUT2D eigenvalue weighted by Crippen LogP contribution is 2.31. The summed E-state index contributed by atoms with van der Waals surface area (Å²) in [7, 11) is 0. The van der Waals surface area contributed by atoms with Crippen LogP contribution in [0.4, 0.5) is 5.82 Å². The molecule has 4 rings (SSSR count). The zero-order chi connectivity index (χ0) is 13.5. The Morgan fingerprint density at radius 2 is 1.85 bits per heavy atom. The lowest BCUT2D eigenvalue weighted by atomic mass is 10.1. The van der Waals surface area contributed by atoms with Crippen LogP contribution in [-0.4, -0.2) is 10.2 Å². The average Bonchev–Trinajstić information content (AvgIpc) is 3.09. The third kappa shape index (κ3) is 1.57. The van der Waals surface area contributed by atoms with Crippen molar-refractivity contribution in [3.63, 3.8) is 0 Å².